The lowest BCUT2D eigenvalue weighted by Gasteiger charge is -2.02. The third kappa shape index (κ3) is 2.46. The molecule has 17 heavy (non-hydrogen) atoms. The molecule has 0 amide bonds. The zero-order valence-electron chi connectivity index (χ0n) is 8.99. The average molecular weight is 344 g/mol. The number of fused-ring (bicyclic) bond motifs is 1. The molecule has 5 nitrogen and oxygen atoms in total. The molecule has 0 unspecified atom stereocenters. The number of rotatable bonds is 2. The SMILES string of the molecule is CCOC(=O)c1cc2cc(I)cnc2[nH]c1=O. The van der Waals surface area contributed by atoms with Crippen molar-refractivity contribution < 1.29 is 9.53 Å². The first-order chi connectivity index (χ1) is 8.11. The number of hydrogen-bond donors (Lipinski definition) is 1. The van der Waals surface area contributed by atoms with Gasteiger partial charge < -0.3 is 9.72 Å². The van der Waals surface area contributed by atoms with Crippen LogP contribution in [0.15, 0.2) is 23.1 Å². The molecular weight excluding hydrogens is 335 g/mol. The van der Waals surface area contributed by atoms with E-state index in [0.29, 0.717) is 11.0 Å². The Labute approximate surface area is 110 Å². The van der Waals surface area contributed by atoms with Gasteiger partial charge in [-0.15, -0.1) is 0 Å². The van der Waals surface area contributed by atoms with Crippen LogP contribution in [0.2, 0.25) is 0 Å². The molecule has 0 saturated heterocycles. The summed E-state index contributed by atoms with van der Waals surface area (Å²) < 4.78 is 5.73. The first kappa shape index (κ1) is 12.0. The lowest BCUT2D eigenvalue weighted by atomic mass is 10.2. The summed E-state index contributed by atoms with van der Waals surface area (Å²) >= 11 is 2.11. The Hall–Kier alpha value is -1.44. The zero-order chi connectivity index (χ0) is 12.4. The van der Waals surface area contributed by atoms with Crippen LogP contribution in [-0.2, 0) is 4.74 Å². The van der Waals surface area contributed by atoms with E-state index in [1.54, 1.807) is 13.1 Å². The third-order valence-corrected chi connectivity index (χ3v) is 2.75. The lowest BCUT2D eigenvalue weighted by Crippen LogP contribution is -2.19. The van der Waals surface area contributed by atoms with Crippen LogP contribution >= 0.6 is 22.6 Å². The Morgan fingerprint density at radius 1 is 1.53 bits per heavy atom. The predicted octanol–water partition coefficient (Wildman–Crippen LogP) is 1.70. The van der Waals surface area contributed by atoms with Gasteiger partial charge in [0.1, 0.15) is 11.2 Å². The van der Waals surface area contributed by atoms with Crippen molar-refractivity contribution in [2.75, 3.05) is 6.61 Å². The van der Waals surface area contributed by atoms with Crippen LogP contribution in [0, 0.1) is 3.57 Å². The first-order valence-corrected chi connectivity index (χ1v) is 6.05. The standard InChI is InChI=1S/C11H9IN2O3/c1-2-17-11(16)8-4-6-3-7(12)5-13-9(6)14-10(8)15/h3-5H,2H2,1H3,(H,13,14,15). The van der Waals surface area contributed by atoms with Crippen LogP contribution in [0.1, 0.15) is 17.3 Å². The van der Waals surface area contributed by atoms with E-state index in [9.17, 15) is 9.59 Å². The van der Waals surface area contributed by atoms with E-state index >= 15 is 0 Å². The number of H-pyrrole nitrogens is 1. The van der Waals surface area contributed by atoms with Crippen molar-refractivity contribution in [1.82, 2.24) is 9.97 Å². The fourth-order valence-corrected chi connectivity index (χ4v) is 1.90. The quantitative estimate of drug-likeness (QED) is 0.665. The van der Waals surface area contributed by atoms with Crippen LogP contribution < -0.4 is 5.56 Å². The second kappa shape index (κ2) is 4.82. The van der Waals surface area contributed by atoms with Gasteiger partial charge in [0.2, 0.25) is 0 Å². The van der Waals surface area contributed by atoms with Crippen molar-refractivity contribution in [3.63, 3.8) is 0 Å². The van der Waals surface area contributed by atoms with Gasteiger partial charge >= 0.3 is 5.97 Å². The number of hydrogen-bond acceptors (Lipinski definition) is 4. The van der Waals surface area contributed by atoms with Crippen LogP contribution in [-0.4, -0.2) is 22.5 Å². The molecule has 0 atom stereocenters. The summed E-state index contributed by atoms with van der Waals surface area (Å²) in [6, 6.07) is 3.34. The normalized spacial score (nSPS) is 10.5. The van der Waals surface area contributed by atoms with E-state index in [2.05, 4.69) is 32.6 Å². The molecule has 6 heteroatoms. The van der Waals surface area contributed by atoms with Crippen LogP contribution in [0.5, 0.6) is 0 Å². The molecular formula is C11H9IN2O3. The number of nitrogens with one attached hydrogen (secondary N) is 1. The van der Waals surface area contributed by atoms with Crippen LogP contribution in [0.25, 0.3) is 11.0 Å². The Morgan fingerprint density at radius 2 is 2.29 bits per heavy atom. The fraction of sp³-hybridized carbons (Fsp3) is 0.182. The van der Waals surface area contributed by atoms with Gasteiger partial charge in [0.15, 0.2) is 0 Å². The van der Waals surface area contributed by atoms with Gasteiger partial charge in [0.05, 0.1) is 6.61 Å². The largest absolute Gasteiger partial charge is 0.462 e. The van der Waals surface area contributed by atoms with Crippen molar-refractivity contribution >= 4 is 39.6 Å². The highest BCUT2D eigenvalue weighted by molar-refractivity contribution is 14.1. The number of nitrogens with zero attached hydrogens (tertiary/aromatic N) is 1. The number of aromatic nitrogens is 2. The van der Waals surface area contributed by atoms with Gasteiger partial charge in [-0.2, -0.15) is 0 Å². The minimum absolute atomic E-state index is 0.00292. The molecule has 1 N–H and O–H groups in total. The van der Waals surface area contributed by atoms with Gasteiger partial charge in [0, 0.05) is 15.2 Å². The molecule has 2 aromatic rings. The van der Waals surface area contributed by atoms with Gasteiger partial charge in [-0.1, -0.05) is 0 Å². The Balaban J connectivity index is 2.61. The van der Waals surface area contributed by atoms with E-state index in [0.717, 1.165) is 3.57 Å². The molecule has 0 spiro atoms. The summed E-state index contributed by atoms with van der Waals surface area (Å²) in [4.78, 5) is 29.8. The summed E-state index contributed by atoms with van der Waals surface area (Å²) in [5, 5.41) is 0.708. The molecule has 0 bridgehead atoms. The summed E-state index contributed by atoms with van der Waals surface area (Å²) in [6.07, 6.45) is 1.64. The smallest absolute Gasteiger partial charge is 0.343 e. The average Bonchev–Trinajstić information content (AvgIpc) is 2.29. The Bertz CT molecular complexity index is 636. The Morgan fingerprint density at radius 3 is 3.00 bits per heavy atom. The maximum atomic E-state index is 11.6. The maximum Gasteiger partial charge on any atom is 0.343 e. The van der Waals surface area contributed by atoms with Gasteiger partial charge in [-0.25, -0.2) is 9.78 Å². The molecule has 0 saturated carbocycles. The molecule has 0 aliphatic rings. The number of carbonyl (C=O) groups is 1. The highest BCUT2D eigenvalue weighted by Gasteiger charge is 2.13. The number of aromatic amines is 1. The molecule has 0 aromatic carbocycles. The minimum Gasteiger partial charge on any atom is -0.462 e. The van der Waals surface area contributed by atoms with Crippen molar-refractivity contribution in [2.24, 2.45) is 0 Å². The van der Waals surface area contributed by atoms with E-state index in [1.165, 1.54) is 6.07 Å². The topological polar surface area (TPSA) is 72.0 Å². The second-order valence-electron chi connectivity index (χ2n) is 3.32. The summed E-state index contributed by atoms with van der Waals surface area (Å²) in [5.41, 5.74) is -0.0173. The second-order valence-corrected chi connectivity index (χ2v) is 4.57. The predicted molar refractivity (Wildman–Crippen MR) is 71.0 cm³/mol. The third-order valence-electron chi connectivity index (χ3n) is 2.16. The number of esters is 1. The number of carbonyl (C=O) groups excluding carboxylic acids is 1. The molecule has 0 fully saturated rings. The highest BCUT2D eigenvalue weighted by Crippen LogP contribution is 2.12. The molecule has 2 rings (SSSR count). The van der Waals surface area contributed by atoms with E-state index < -0.39 is 11.5 Å². The van der Waals surface area contributed by atoms with Crippen molar-refractivity contribution in [2.45, 2.75) is 6.92 Å². The van der Waals surface area contributed by atoms with E-state index in [1.807, 2.05) is 6.07 Å². The van der Waals surface area contributed by atoms with Crippen molar-refractivity contribution in [3.8, 4) is 0 Å². The molecule has 0 aliphatic carbocycles. The van der Waals surface area contributed by atoms with Gasteiger partial charge in [-0.3, -0.25) is 4.79 Å². The Kier molecular flexibility index (Phi) is 3.41. The maximum absolute atomic E-state index is 11.6. The fourth-order valence-electron chi connectivity index (χ4n) is 1.43. The van der Waals surface area contributed by atoms with Gasteiger partial charge in [0.25, 0.3) is 5.56 Å². The molecule has 2 aromatic heterocycles. The van der Waals surface area contributed by atoms with Crippen LogP contribution in [0.3, 0.4) is 0 Å². The van der Waals surface area contributed by atoms with Crippen molar-refractivity contribution in [3.05, 3.63) is 37.8 Å². The number of ether oxygens (including phenoxy) is 1. The minimum atomic E-state index is -0.616. The number of pyridine rings is 2. The monoisotopic (exact) mass is 344 g/mol. The summed E-state index contributed by atoms with van der Waals surface area (Å²) in [6.45, 7) is 1.93. The molecule has 2 heterocycles. The highest BCUT2D eigenvalue weighted by atomic mass is 127. The van der Waals surface area contributed by atoms with E-state index in [-0.39, 0.29) is 12.2 Å². The van der Waals surface area contributed by atoms with Crippen LogP contribution in [0.4, 0.5) is 0 Å². The van der Waals surface area contributed by atoms with Crippen molar-refractivity contribution in [1.29, 1.82) is 0 Å². The number of halogens is 1. The first-order valence-electron chi connectivity index (χ1n) is 4.97. The summed E-state index contributed by atoms with van der Waals surface area (Å²) in [5.74, 6) is -0.616. The zero-order valence-corrected chi connectivity index (χ0v) is 11.1. The molecule has 0 radical (unpaired) electrons. The molecule has 0 aliphatic heterocycles. The van der Waals surface area contributed by atoms with Gasteiger partial charge in [-0.05, 0) is 41.6 Å². The lowest BCUT2D eigenvalue weighted by molar-refractivity contribution is 0.0524. The van der Waals surface area contributed by atoms with E-state index in [4.69, 9.17) is 4.74 Å². The molecule has 88 valence electrons. The summed E-state index contributed by atoms with van der Waals surface area (Å²) in [7, 11) is 0.